The molecule has 0 spiro atoms. The van der Waals surface area contributed by atoms with Gasteiger partial charge in [0.1, 0.15) is 5.75 Å². The van der Waals surface area contributed by atoms with Gasteiger partial charge in [-0.05, 0) is 42.8 Å². The number of hydrogen-bond acceptors (Lipinski definition) is 3. The molecule has 5 nitrogen and oxygen atoms in total. The van der Waals surface area contributed by atoms with Gasteiger partial charge in [0.15, 0.2) is 5.78 Å². The van der Waals surface area contributed by atoms with Crippen LogP contribution in [-0.4, -0.2) is 21.8 Å². The van der Waals surface area contributed by atoms with Crippen LogP contribution in [0.1, 0.15) is 31.8 Å². The van der Waals surface area contributed by atoms with Gasteiger partial charge in [-0.2, -0.15) is 0 Å². The Morgan fingerprint density at radius 1 is 1.00 bits per heavy atom. The topological polar surface area (TPSA) is 82.2 Å². The number of benzene rings is 2. The predicted octanol–water partition coefficient (Wildman–Crippen LogP) is 3.51. The summed E-state index contributed by atoms with van der Waals surface area (Å²) in [5.74, 6) is -0.592. The van der Waals surface area contributed by atoms with Crippen LogP contribution in [-0.2, 0) is 0 Å². The molecule has 0 bridgehead atoms. The first kappa shape index (κ1) is 15.6. The number of aryl methyl sites for hydroxylation is 1. The molecule has 0 saturated heterocycles. The molecule has 0 aliphatic carbocycles. The lowest BCUT2D eigenvalue weighted by atomic mass is 10.00. The summed E-state index contributed by atoms with van der Waals surface area (Å²) in [6.07, 6.45) is 3.39. The fraction of sp³-hybridized carbons (Fsp3) is 0.0526. The van der Waals surface area contributed by atoms with Crippen LogP contribution in [0.2, 0.25) is 0 Å². The largest absolute Gasteiger partial charge is 0.507 e. The Morgan fingerprint density at radius 2 is 1.71 bits per heavy atom. The standard InChI is InChI=1S/C19H16N2O3/c1-12-2-7-16(17(22)10-12)18(23)13-3-5-14(6-4-13)19(24)21-15-8-9-20-11-15/h2-11,20,22H,1H3,(H,21,24). The van der Waals surface area contributed by atoms with Crippen LogP contribution in [0.15, 0.2) is 60.9 Å². The first-order valence-electron chi connectivity index (χ1n) is 7.43. The van der Waals surface area contributed by atoms with Crippen molar-refractivity contribution in [3.8, 4) is 5.75 Å². The molecular formula is C19H16N2O3. The van der Waals surface area contributed by atoms with Crippen molar-refractivity contribution in [2.45, 2.75) is 6.92 Å². The second-order valence-electron chi connectivity index (χ2n) is 5.48. The summed E-state index contributed by atoms with van der Waals surface area (Å²) in [6.45, 7) is 1.84. The van der Waals surface area contributed by atoms with Crippen molar-refractivity contribution in [3.05, 3.63) is 83.2 Å². The first-order valence-corrected chi connectivity index (χ1v) is 7.43. The molecule has 24 heavy (non-hydrogen) atoms. The molecule has 3 rings (SSSR count). The van der Waals surface area contributed by atoms with Gasteiger partial charge in [-0.25, -0.2) is 0 Å². The monoisotopic (exact) mass is 320 g/mol. The number of phenols is 1. The van der Waals surface area contributed by atoms with E-state index < -0.39 is 0 Å². The number of nitrogens with one attached hydrogen (secondary N) is 2. The summed E-state index contributed by atoms with van der Waals surface area (Å²) >= 11 is 0. The SMILES string of the molecule is Cc1ccc(C(=O)c2ccc(C(=O)Nc3cc[nH]c3)cc2)c(O)c1. The zero-order valence-corrected chi connectivity index (χ0v) is 13.0. The Labute approximate surface area is 139 Å². The minimum absolute atomic E-state index is 0.0470. The molecule has 120 valence electrons. The quantitative estimate of drug-likeness (QED) is 0.643. The average molecular weight is 320 g/mol. The Bertz CT molecular complexity index is 881. The van der Waals surface area contributed by atoms with Crippen LogP contribution in [0, 0.1) is 6.92 Å². The number of aromatic amines is 1. The predicted molar refractivity (Wildman–Crippen MR) is 91.5 cm³/mol. The van der Waals surface area contributed by atoms with Crippen molar-refractivity contribution in [1.29, 1.82) is 0 Å². The number of H-pyrrole nitrogens is 1. The smallest absolute Gasteiger partial charge is 0.255 e. The summed E-state index contributed by atoms with van der Waals surface area (Å²) in [6, 6.07) is 13.0. The van der Waals surface area contributed by atoms with Gasteiger partial charge in [-0.1, -0.05) is 18.2 Å². The third-order valence-electron chi connectivity index (χ3n) is 3.66. The van der Waals surface area contributed by atoms with Crippen molar-refractivity contribution < 1.29 is 14.7 Å². The molecule has 0 fully saturated rings. The summed E-state index contributed by atoms with van der Waals surface area (Å²) < 4.78 is 0. The van der Waals surface area contributed by atoms with E-state index >= 15 is 0 Å². The molecule has 0 unspecified atom stereocenters. The minimum atomic E-state index is -0.287. The van der Waals surface area contributed by atoms with Gasteiger partial charge in [0.05, 0.1) is 11.3 Å². The number of carbonyl (C=O) groups is 2. The second kappa shape index (κ2) is 6.42. The van der Waals surface area contributed by atoms with Gasteiger partial charge in [0.25, 0.3) is 5.91 Å². The van der Waals surface area contributed by atoms with Crippen LogP contribution >= 0.6 is 0 Å². The molecule has 0 atom stereocenters. The van der Waals surface area contributed by atoms with Crippen LogP contribution < -0.4 is 5.32 Å². The molecule has 3 N–H and O–H groups in total. The summed E-state index contributed by atoms with van der Waals surface area (Å²) in [5, 5.41) is 12.7. The van der Waals surface area contributed by atoms with E-state index in [4.69, 9.17) is 0 Å². The van der Waals surface area contributed by atoms with Crippen LogP contribution in [0.4, 0.5) is 5.69 Å². The molecule has 0 radical (unpaired) electrons. The Morgan fingerprint density at radius 3 is 2.33 bits per heavy atom. The summed E-state index contributed by atoms with van der Waals surface area (Å²) in [4.78, 5) is 27.4. The summed E-state index contributed by atoms with van der Waals surface area (Å²) in [5.41, 5.74) is 2.64. The lowest BCUT2D eigenvalue weighted by molar-refractivity contribution is 0.101. The van der Waals surface area contributed by atoms with Crippen molar-refractivity contribution in [2.75, 3.05) is 5.32 Å². The molecule has 2 aromatic carbocycles. The van der Waals surface area contributed by atoms with Gasteiger partial charge in [0, 0.05) is 23.5 Å². The molecule has 0 aliphatic heterocycles. The van der Waals surface area contributed by atoms with Gasteiger partial charge in [0.2, 0.25) is 0 Å². The number of rotatable bonds is 4. The maximum atomic E-state index is 12.5. The fourth-order valence-corrected chi connectivity index (χ4v) is 2.37. The molecule has 5 heteroatoms. The zero-order valence-electron chi connectivity index (χ0n) is 13.0. The van der Waals surface area contributed by atoms with Crippen LogP contribution in [0.5, 0.6) is 5.75 Å². The highest BCUT2D eigenvalue weighted by atomic mass is 16.3. The van der Waals surface area contributed by atoms with E-state index in [0.29, 0.717) is 16.8 Å². The minimum Gasteiger partial charge on any atom is -0.507 e. The Hall–Kier alpha value is -3.34. The van der Waals surface area contributed by atoms with E-state index in [1.165, 1.54) is 0 Å². The lowest BCUT2D eigenvalue weighted by Crippen LogP contribution is -2.11. The van der Waals surface area contributed by atoms with E-state index in [9.17, 15) is 14.7 Å². The maximum absolute atomic E-state index is 12.5. The third kappa shape index (κ3) is 3.20. The van der Waals surface area contributed by atoms with E-state index in [1.54, 1.807) is 60.9 Å². The normalized spacial score (nSPS) is 10.4. The maximum Gasteiger partial charge on any atom is 0.255 e. The van der Waals surface area contributed by atoms with Gasteiger partial charge in [-0.3, -0.25) is 9.59 Å². The van der Waals surface area contributed by atoms with Crippen molar-refractivity contribution in [3.63, 3.8) is 0 Å². The van der Waals surface area contributed by atoms with Crippen molar-refractivity contribution in [2.24, 2.45) is 0 Å². The molecule has 3 aromatic rings. The number of anilines is 1. The van der Waals surface area contributed by atoms with E-state index in [2.05, 4.69) is 10.3 Å². The first-order chi connectivity index (χ1) is 11.5. The number of aromatic hydroxyl groups is 1. The summed E-state index contributed by atoms with van der Waals surface area (Å²) in [7, 11) is 0. The van der Waals surface area contributed by atoms with Crippen molar-refractivity contribution in [1.82, 2.24) is 4.98 Å². The van der Waals surface area contributed by atoms with E-state index in [1.807, 2.05) is 6.92 Å². The van der Waals surface area contributed by atoms with Gasteiger partial charge in [-0.15, -0.1) is 0 Å². The molecule has 1 amide bonds. The van der Waals surface area contributed by atoms with Crippen molar-refractivity contribution >= 4 is 17.4 Å². The number of carbonyl (C=O) groups excluding carboxylic acids is 2. The van der Waals surface area contributed by atoms with Gasteiger partial charge < -0.3 is 15.4 Å². The van der Waals surface area contributed by atoms with E-state index in [-0.39, 0.29) is 23.0 Å². The highest BCUT2D eigenvalue weighted by Gasteiger charge is 2.14. The zero-order chi connectivity index (χ0) is 17.1. The lowest BCUT2D eigenvalue weighted by Gasteiger charge is -2.06. The molecular weight excluding hydrogens is 304 g/mol. The third-order valence-corrected chi connectivity index (χ3v) is 3.66. The van der Waals surface area contributed by atoms with E-state index in [0.717, 1.165) is 5.56 Å². The number of phenolic OH excluding ortho intramolecular Hbond substituents is 1. The molecule has 0 aliphatic rings. The van der Waals surface area contributed by atoms with Crippen LogP contribution in [0.25, 0.3) is 0 Å². The highest BCUT2D eigenvalue weighted by molar-refractivity contribution is 6.11. The number of amides is 1. The second-order valence-corrected chi connectivity index (χ2v) is 5.48. The number of aromatic nitrogens is 1. The van der Waals surface area contributed by atoms with Crippen LogP contribution in [0.3, 0.4) is 0 Å². The highest BCUT2D eigenvalue weighted by Crippen LogP contribution is 2.22. The average Bonchev–Trinajstić information content (AvgIpc) is 3.07. The molecule has 0 saturated carbocycles. The molecule has 1 heterocycles. The van der Waals surface area contributed by atoms with Gasteiger partial charge >= 0.3 is 0 Å². The number of ketones is 1. The number of hydrogen-bond donors (Lipinski definition) is 3. The Balaban J connectivity index is 1.78. The fourth-order valence-electron chi connectivity index (χ4n) is 2.37. The Kier molecular flexibility index (Phi) is 4.16. The molecule has 1 aromatic heterocycles.